The van der Waals surface area contributed by atoms with Gasteiger partial charge in [0.25, 0.3) is 0 Å². The van der Waals surface area contributed by atoms with Gasteiger partial charge in [-0.3, -0.25) is 4.79 Å². The molecule has 1 aliphatic heterocycles. The SMILES string of the molecule is COC(=O)C1=C(C(=O)OC)N(c2cccc(-c3cccc(=O)[nH]3)c2)C=CC=C1. The van der Waals surface area contributed by atoms with E-state index in [1.165, 1.54) is 26.4 Å². The van der Waals surface area contributed by atoms with Gasteiger partial charge in [0.05, 0.1) is 19.8 Å². The fourth-order valence-electron chi connectivity index (χ4n) is 2.81. The normalized spacial score (nSPS) is 13.3. The quantitative estimate of drug-likeness (QED) is 0.823. The first kappa shape index (κ1) is 18.9. The molecule has 0 aliphatic carbocycles. The van der Waals surface area contributed by atoms with Crippen molar-refractivity contribution >= 4 is 17.6 Å². The number of aromatic nitrogens is 1. The number of rotatable bonds is 4. The third-order valence-electron chi connectivity index (χ3n) is 4.09. The minimum atomic E-state index is -0.685. The zero-order valence-corrected chi connectivity index (χ0v) is 15.3. The average molecular weight is 378 g/mol. The van der Waals surface area contributed by atoms with E-state index in [4.69, 9.17) is 9.47 Å². The molecular formula is C21H18N2O5. The summed E-state index contributed by atoms with van der Waals surface area (Å²) in [7, 11) is 2.49. The van der Waals surface area contributed by atoms with E-state index < -0.39 is 11.9 Å². The molecule has 1 N–H and O–H groups in total. The lowest BCUT2D eigenvalue weighted by molar-refractivity contribution is -0.139. The van der Waals surface area contributed by atoms with E-state index in [0.717, 1.165) is 5.56 Å². The second-order valence-corrected chi connectivity index (χ2v) is 5.80. The topological polar surface area (TPSA) is 88.7 Å². The Hall–Kier alpha value is -3.87. The molecule has 0 radical (unpaired) electrons. The molecular weight excluding hydrogens is 360 g/mol. The summed E-state index contributed by atoms with van der Waals surface area (Å²) in [6.07, 6.45) is 6.46. The average Bonchev–Trinajstić information content (AvgIpc) is 2.95. The summed E-state index contributed by atoms with van der Waals surface area (Å²) >= 11 is 0. The van der Waals surface area contributed by atoms with Crippen LogP contribution in [0.1, 0.15) is 0 Å². The van der Waals surface area contributed by atoms with Gasteiger partial charge in [-0.05, 0) is 30.4 Å². The molecule has 2 heterocycles. The van der Waals surface area contributed by atoms with Crippen LogP contribution in [-0.2, 0) is 19.1 Å². The molecule has 1 aromatic heterocycles. The van der Waals surface area contributed by atoms with Gasteiger partial charge < -0.3 is 19.4 Å². The van der Waals surface area contributed by atoms with Gasteiger partial charge in [-0.15, -0.1) is 0 Å². The highest BCUT2D eigenvalue weighted by Gasteiger charge is 2.27. The first-order chi connectivity index (χ1) is 13.5. The second kappa shape index (κ2) is 8.22. The minimum absolute atomic E-state index is 0.0260. The van der Waals surface area contributed by atoms with Gasteiger partial charge in [-0.1, -0.05) is 24.3 Å². The van der Waals surface area contributed by atoms with Crippen molar-refractivity contribution < 1.29 is 19.1 Å². The van der Waals surface area contributed by atoms with Crippen molar-refractivity contribution in [3.8, 4) is 11.3 Å². The molecule has 0 fully saturated rings. The predicted octanol–water partition coefficient (Wildman–Crippen LogP) is 2.53. The number of methoxy groups -OCH3 is 2. The highest BCUT2D eigenvalue weighted by molar-refractivity contribution is 6.05. The zero-order chi connectivity index (χ0) is 20.1. The van der Waals surface area contributed by atoms with Crippen LogP contribution in [0.3, 0.4) is 0 Å². The van der Waals surface area contributed by atoms with E-state index in [-0.39, 0.29) is 16.8 Å². The van der Waals surface area contributed by atoms with Crippen LogP contribution >= 0.6 is 0 Å². The van der Waals surface area contributed by atoms with Crippen molar-refractivity contribution in [2.45, 2.75) is 0 Å². The number of H-pyrrole nitrogens is 1. The van der Waals surface area contributed by atoms with Crippen LogP contribution < -0.4 is 10.5 Å². The van der Waals surface area contributed by atoms with Gasteiger partial charge >= 0.3 is 11.9 Å². The summed E-state index contributed by atoms with van der Waals surface area (Å²) in [6.45, 7) is 0. The van der Waals surface area contributed by atoms with Gasteiger partial charge in [-0.25, -0.2) is 9.59 Å². The standard InChI is InChI=1S/C21H18N2O5/c1-27-20(25)16-9-3-4-12-23(19(16)21(26)28-2)15-8-5-7-14(13-15)17-10-6-11-18(24)22-17/h3-13H,1-2H3,(H,22,24). The monoisotopic (exact) mass is 378 g/mol. The number of hydrogen-bond acceptors (Lipinski definition) is 6. The molecule has 0 saturated heterocycles. The maximum atomic E-state index is 12.5. The molecule has 0 unspecified atom stereocenters. The van der Waals surface area contributed by atoms with Crippen LogP contribution in [0.2, 0.25) is 0 Å². The summed E-state index contributed by atoms with van der Waals surface area (Å²) < 4.78 is 9.70. The number of carbonyl (C=O) groups is 2. The number of nitrogens with one attached hydrogen (secondary N) is 1. The number of pyridine rings is 1. The van der Waals surface area contributed by atoms with Crippen molar-refractivity contribution in [2.75, 3.05) is 19.1 Å². The maximum absolute atomic E-state index is 12.5. The molecule has 1 aliphatic rings. The van der Waals surface area contributed by atoms with E-state index in [2.05, 4.69) is 4.98 Å². The van der Waals surface area contributed by atoms with E-state index in [9.17, 15) is 14.4 Å². The fraction of sp³-hybridized carbons (Fsp3) is 0.0952. The van der Waals surface area contributed by atoms with Crippen molar-refractivity contribution in [3.05, 3.63) is 88.5 Å². The Morgan fingerprint density at radius 3 is 2.43 bits per heavy atom. The molecule has 3 rings (SSSR count). The Morgan fingerprint density at radius 1 is 0.964 bits per heavy atom. The first-order valence-electron chi connectivity index (χ1n) is 8.40. The third kappa shape index (κ3) is 3.78. The Morgan fingerprint density at radius 2 is 1.71 bits per heavy atom. The molecule has 28 heavy (non-hydrogen) atoms. The lowest BCUT2D eigenvalue weighted by Crippen LogP contribution is -2.27. The number of ether oxygens (including phenoxy) is 2. The number of benzene rings is 1. The second-order valence-electron chi connectivity index (χ2n) is 5.80. The number of aromatic amines is 1. The number of esters is 2. The highest BCUT2D eigenvalue weighted by atomic mass is 16.5. The van der Waals surface area contributed by atoms with E-state index in [1.807, 2.05) is 6.07 Å². The molecule has 142 valence electrons. The molecule has 7 heteroatoms. The number of carbonyl (C=O) groups excluding carboxylic acids is 2. The lowest BCUT2D eigenvalue weighted by Gasteiger charge is -2.23. The van der Waals surface area contributed by atoms with E-state index in [0.29, 0.717) is 11.4 Å². The number of nitrogens with zero attached hydrogens (tertiary/aromatic N) is 1. The molecule has 0 amide bonds. The van der Waals surface area contributed by atoms with Crippen LogP contribution in [0.25, 0.3) is 11.3 Å². The van der Waals surface area contributed by atoms with E-state index >= 15 is 0 Å². The van der Waals surface area contributed by atoms with Gasteiger partial charge in [-0.2, -0.15) is 0 Å². The largest absolute Gasteiger partial charge is 0.465 e. The Balaban J connectivity index is 2.15. The van der Waals surface area contributed by atoms with Crippen LogP contribution in [0.4, 0.5) is 5.69 Å². The molecule has 1 aromatic carbocycles. The summed E-state index contributed by atoms with van der Waals surface area (Å²) in [5.74, 6) is -1.34. The van der Waals surface area contributed by atoms with Gasteiger partial charge in [0.2, 0.25) is 5.56 Å². The molecule has 0 spiro atoms. The number of hydrogen-bond donors (Lipinski definition) is 1. The minimum Gasteiger partial charge on any atom is -0.465 e. The highest BCUT2D eigenvalue weighted by Crippen LogP contribution is 2.29. The molecule has 2 aromatic rings. The summed E-state index contributed by atoms with van der Waals surface area (Å²) in [5, 5.41) is 0. The first-order valence-corrected chi connectivity index (χ1v) is 8.40. The fourth-order valence-corrected chi connectivity index (χ4v) is 2.81. The van der Waals surface area contributed by atoms with Crippen molar-refractivity contribution in [1.29, 1.82) is 0 Å². The number of allylic oxidation sites excluding steroid dienone is 2. The molecule has 0 bridgehead atoms. The van der Waals surface area contributed by atoms with Crippen molar-refractivity contribution in [1.82, 2.24) is 4.98 Å². The lowest BCUT2D eigenvalue weighted by atomic mass is 10.1. The molecule has 0 saturated carbocycles. The molecule has 7 nitrogen and oxygen atoms in total. The van der Waals surface area contributed by atoms with Crippen LogP contribution in [0, 0.1) is 0 Å². The third-order valence-corrected chi connectivity index (χ3v) is 4.09. The Bertz CT molecular complexity index is 1060. The smallest absolute Gasteiger partial charge is 0.355 e. The van der Waals surface area contributed by atoms with E-state index in [1.54, 1.807) is 53.6 Å². The number of anilines is 1. The summed E-state index contributed by atoms with van der Waals surface area (Å²) in [5.41, 5.74) is 1.84. The van der Waals surface area contributed by atoms with Gasteiger partial charge in [0.15, 0.2) is 0 Å². The Labute approximate surface area is 161 Å². The van der Waals surface area contributed by atoms with Crippen LogP contribution in [0.5, 0.6) is 0 Å². The van der Waals surface area contributed by atoms with Crippen molar-refractivity contribution in [3.63, 3.8) is 0 Å². The molecule has 0 atom stereocenters. The van der Waals surface area contributed by atoms with Crippen LogP contribution in [-0.4, -0.2) is 31.1 Å². The maximum Gasteiger partial charge on any atom is 0.355 e. The Kier molecular flexibility index (Phi) is 5.55. The van der Waals surface area contributed by atoms with Gasteiger partial charge in [0.1, 0.15) is 5.70 Å². The van der Waals surface area contributed by atoms with Crippen LogP contribution in [0.15, 0.2) is 83.0 Å². The zero-order valence-electron chi connectivity index (χ0n) is 15.3. The predicted molar refractivity (Wildman–Crippen MR) is 104 cm³/mol. The van der Waals surface area contributed by atoms with Crippen molar-refractivity contribution in [2.24, 2.45) is 0 Å². The van der Waals surface area contributed by atoms with Gasteiger partial charge in [0, 0.05) is 29.2 Å². The summed E-state index contributed by atoms with van der Waals surface area (Å²) in [6, 6.07) is 12.0. The summed E-state index contributed by atoms with van der Waals surface area (Å²) in [4.78, 5) is 40.6.